The van der Waals surface area contributed by atoms with E-state index in [0.29, 0.717) is 27.8 Å². The molecule has 0 atom stereocenters. The van der Waals surface area contributed by atoms with Crippen molar-refractivity contribution >= 4 is 22.1 Å². The van der Waals surface area contributed by atoms with Gasteiger partial charge in [0.2, 0.25) is 5.69 Å². The third kappa shape index (κ3) is 2.68. The van der Waals surface area contributed by atoms with Crippen LogP contribution in [-0.4, -0.2) is 4.98 Å². The number of furan rings is 1. The van der Waals surface area contributed by atoms with Gasteiger partial charge in [-0.15, -0.1) is 0 Å². The van der Waals surface area contributed by atoms with Crippen LogP contribution in [-0.2, 0) is 12.5 Å². The highest BCUT2D eigenvalue weighted by molar-refractivity contribution is 6.12. The van der Waals surface area contributed by atoms with Gasteiger partial charge in [0.1, 0.15) is 12.6 Å². The second kappa shape index (κ2) is 6.77. The largest absolute Gasteiger partial charge is 0.453 e. The molecule has 164 valence electrons. The third-order valence-electron chi connectivity index (χ3n) is 6.85. The SMILES string of the molecule is [2H]C(C)(C)c1cc[n+](C)c(-c2c(C)ccc3c2oc2c4c(cnc23)C(C([2H])([2H])[2H])(C([2H])([2H])[2H])c2ccccc2-4)c1. The summed E-state index contributed by atoms with van der Waals surface area (Å²) in [6.45, 7) is -0.0804. The molecule has 0 saturated heterocycles. The molecule has 0 spiro atoms. The molecule has 6 rings (SSSR count). The van der Waals surface area contributed by atoms with Gasteiger partial charge in [-0.2, -0.15) is 0 Å². The van der Waals surface area contributed by atoms with E-state index < -0.39 is 25.0 Å². The molecule has 0 aliphatic heterocycles. The Balaban J connectivity index is 1.75. The summed E-state index contributed by atoms with van der Waals surface area (Å²) in [5.41, 5.74) is 4.07. The molecule has 2 aromatic carbocycles. The monoisotopic (exact) mass is 440 g/mol. The number of hydrogen-bond donors (Lipinski definition) is 0. The molecule has 3 heterocycles. The number of aryl methyl sites for hydroxylation is 2. The standard InChI is InChI=1S/C30H29N2O/c1-17(2)19-13-14-32(6)24(15-19)25-18(3)11-12-21-27-29(33-28(21)25)26-20-9-7-8-10-22(20)30(4,5)23(26)16-31-27/h7-17H,1-6H3/q+1/i4D3,5D3,17D. The number of pyridine rings is 2. The Labute approximate surface area is 204 Å². The minimum absolute atomic E-state index is 0.127. The first kappa shape index (κ1) is 13.9. The number of benzene rings is 2. The average molecular weight is 441 g/mol. The lowest BCUT2D eigenvalue weighted by atomic mass is 9.83. The molecule has 0 unspecified atom stereocenters. The van der Waals surface area contributed by atoms with E-state index in [2.05, 4.69) is 4.98 Å². The smallest absolute Gasteiger partial charge is 0.216 e. The maximum Gasteiger partial charge on any atom is 0.216 e. The number of rotatable bonds is 2. The molecule has 0 radical (unpaired) electrons. The highest BCUT2D eigenvalue weighted by Gasteiger charge is 2.38. The fourth-order valence-electron chi connectivity index (χ4n) is 5.03. The van der Waals surface area contributed by atoms with Gasteiger partial charge in [-0.3, -0.25) is 4.98 Å². The number of nitrogens with zero attached hydrogens (tertiary/aromatic N) is 2. The fraction of sp³-hybridized carbons (Fsp3) is 0.267. The van der Waals surface area contributed by atoms with E-state index in [1.165, 1.54) is 6.20 Å². The van der Waals surface area contributed by atoms with Crippen LogP contribution in [0, 0.1) is 6.92 Å². The van der Waals surface area contributed by atoms with Crippen LogP contribution in [0.3, 0.4) is 0 Å². The minimum atomic E-state index is -2.88. The normalized spacial score (nSPS) is 18.5. The molecule has 3 aromatic heterocycles. The average Bonchev–Trinajstić information content (AvgIpc) is 3.37. The zero-order chi connectivity index (χ0) is 29.0. The zero-order valence-corrected chi connectivity index (χ0v) is 19.1. The summed E-state index contributed by atoms with van der Waals surface area (Å²) in [7, 11) is 1.93. The van der Waals surface area contributed by atoms with Crippen molar-refractivity contribution in [2.24, 2.45) is 7.05 Å². The van der Waals surface area contributed by atoms with Gasteiger partial charge in [0, 0.05) is 44.3 Å². The molecule has 0 bridgehead atoms. The van der Waals surface area contributed by atoms with E-state index in [-0.39, 0.29) is 11.1 Å². The zero-order valence-electron chi connectivity index (χ0n) is 26.1. The van der Waals surface area contributed by atoms with Gasteiger partial charge in [-0.25, -0.2) is 4.57 Å². The summed E-state index contributed by atoms with van der Waals surface area (Å²) in [5.74, 6) is -0.807. The first-order valence-electron chi connectivity index (χ1n) is 14.5. The van der Waals surface area contributed by atoms with Crippen LogP contribution >= 0.6 is 0 Å². The Kier molecular flexibility index (Phi) is 2.86. The van der Waals surface area contributed by atoms with Crippen LogP contribution in [0.2, 0.25) is 0 Å². The molecule has 3 nitrogen and oxygen atoms in total. The molecule has 0 amide bonds. The van der Waals surface area contributed by atoms with Crippen LogP contribution in [0.4, 0.5) is 0 Å². The molecular weight excluding hydrogens is 404 g/mol. The Morgan fingerprint density at radius 2 is 1.85 bits per heavy atom. The van der Waals surface area contributed by atoms with Crippen molar-refractivity contribution in [2.75, 3.05) is 0 Å². The molecule has 5 aromatic rings. The van der Waals surface area contributed by atoms with Gasteiger partial charge in [0.05, 0.1) is 5.56 Å². The van der Waals surface area contributed by atoms with E-state index in [0.717, 1.165) is 27.8 Å². The first-order valence-corrected chi connectivity index (χ1v) is 11.0. The maximum absolute atomic E-state index is 8.56. The predicted molar refractivity (Wildman–Crippen MR) is 135 cm³/mol. The van der Waals surface area contributed by atoms with E-state index in [9.17, 15) is 0 Å². The molecule has 0 fully saturated rings. The number of hydrogen-bond acceptors (Lipinski definition) is 2. The summed E-state index contributed by atoms with van der Waals surface area (Å²) < 4.78 is 68.0. The van der Waals surface area contributed by atoms with Gasteiger partial charge >= 0.3 is 0 Å². The maximum atomic E-state index is 8.56. The quantitative estimate of drug-likeness (QED) is 0.271. The van der Waals surface area contributed by atoms with E-state index in [1.807, 2.05) is 62.8 Å². The van der Waals surface area contributed by atoms with Gasteiger partial charge in [0.25, 0.3) is 0 Å². The lowest BCUT2D eigenvalue weighted by Gasteiger charge is -2.20. The van der Waals surface area contributed by atoms with E-state index >= 15 is 0 Å². The molecule has 1 aliphatic rings. The van der Waals surface area contributed by atoms with Gasteiger partial charge in [0.15, 0.2) is 17.4 Å². The van der Waals surface area contributed by atoms with E-state index in [4.69, 9.17) is 14.0 Å². The number of fused-ring (bicyclic) bond motifs is 7. The van der Waals surface area contributed by atoms with Crippen molar-refractivity contribution in [1.29, 1.82) is 0 Å². The van der Waals surface area contributed by atoms with Crippen molar-refractivity contribution < 1.29 is 18.6 Å². The molecule has 0 saturated carbocycles. The first-order chi connectivity index (χ1) is 18.6. The third-order valence-corrected chi connectivity index (χ3v) is 6.85. The Morgan fingerprint density at radius 3 is 2.64 bits per heavy atom. The van der Waals surface area contributed by atoms with Crippen LogP contribution < -0.4 is 4.57 Å². The molecule has 0 N–H and O–H groups in total. The second-order valence-corrected chi connectivity index (χ2v) is 9.17. The Hall–Kier alpha value is -3.46. The molecule has 1 aliphatic carbocycles. The minimum Gasteiger partial charge on any atom is -0.453 e. The van der Waals surface area contributed by atoms with Crippen molar-refractivity contribution in [1.82, 2.24) is 4.98 Å². The topological polar surface area (TPSA) is 29.9 Å². The van der Waals surface area contributed by atoms with Crippen molar-refractivity contribution in [3.8, 4) is 22.4 Å². The second-order valence-electron chi connectivity index (χ2n) is 9.17. The Bertz CT molecular complexity index is 1830. The highest BCUT2D eigenvalue weighted by atomic mass is 16.3. The predicted octanol–water partition coefficient (Wildman–Crippen LogP) is 7.21. The lowest BCUT2D eigenvalue weighted by molar-refractivity contribution is -0.660. The summed E-state index contributed by atoms with van der Waals surface area (Å²) >= 11 is 0. The number of aromatic nitrogens is 2. The van der Waals surface area contributed by atoms with Crippen molar-refractivity contribution in [3.05, 3.63) is 83.2 Å². The van der Waals surface area contributed by atoms with Crippen LogP contribution in [0.25, 0.3) is 44.5 Å². The van der Waals surface area contributed by atoms with Crippen molar-refractivity contribution in [3.63, 3.8) is 0 Å². The van der Waals surface area contributed by atoms with Gasteiger partial charge in [-0.1, -0.05) is 57.9 Å². The summed E-state index contributed by atoms with van der Waals surface area (Å²) in [6.07, 6.45) is 3.34. The molecule has 3 heteroatoms. The summed E-state index contributed by atoms with van der Waals surface area (Å²) in [5, 5.41) is 0.742. The summed E-state index contributed by atoms with van der Waals surface area (Å²) in [6, 6.07) is 14.6. The molecular formula is C30H29N2O+. The Morgan fingerprint density at radius 1 is 1.03 bits per heavy atom. The van der Waals surface area contributed by atoms with Gasteiger partial charge < -0.3 is 4.42 Å². The molecule has 33 heavy (non-hydrogen) atoms. The van der Waals surface area contributed by atoms with Gasteiger partial charge in [-0.05, 0) is 46.7 Å². The van der Waals surface area contributed by atoms with Crippen LogP contribution in [0.1, 0.15) is 65.3 Å². The van der Waals surface area contributed by atoms with Crippen molar-refractivity contribution in [2.45, 2.75) is 45.8 Å². The lowest BCUT2D eigenvalue weighted by Crippen LogP contribution is -2.31. The van der Waals surface area contributed by atoms with E-state index in [1.54, 1.807) is 24.3 Å². The summed E-state index contributed by atoms with van der Waals surface area (Å²) in [4.78, 5) is 4.66. The fourth-order valence-corrected chi connectivity index (χ4v) is 5.03. The van der Waals surface area contributed by atoms with Crippen LogP contribution in [0.15, 0.2) is 65.3 Å². The van der Waals surface area contributed by atoms with Crippen LogP contribution in [0.5, 0.6) is 0 Å². The highest BCUT2D eigenvalue weighted by Crippen LogP contribution is 2.52.